The minimum atomic E-state index is -0.0387. The second-order valence-corrected chi connectivity index (χ2v) is 6.36. The van der Waals surface area contributed by atoms with Gasteiger partial charge in [-0.1, -0.05) is 30.0 Å². The van der Waals surface area contributed by atoms with E-state index in [1.807, 2.05) is 47.5 Å². The van der Waals surface area contributed by atoms with Gasteiger partial charge in [-0.3, -0.25) is 9.80 Å². The molecule has 1 heterocycles. The van der Waals surface area contributed by atoms with Crippen LogP contribution < -0.4 is 0 Å². The van der Waals surface area contributed by atoms with Crippen LogP contribution in [-0.4, -0.2) is 30.1 Å². The first-order valence-electron chi connectivity index (χ1n) is 7.47. The van der Waals surface area contributed by atoms with Gasteiger partial charge in [-0.25, -0.2) is 0 Å². The first kappa shape index (κ1) is 14.9. The van der Waals surface area contributed by atoms with Crippen LogP contribution in [-0.2, 0) is 0 Å². The Morgan fingerprint density at radius 3 is 2.27 bits per heavy atom. The molecule has 0 atom stereocenters. The molecule has 22 heavy (non-hydrogen) atoms. The van der Waals surface area contributed by atoms with Crippen molar-refractivity contribution in [3.63, 3.8) is 0 Å². The summed E-state index contributed by atoms with van der Waals surface area (Å²) >= 11 is 1.69. The predicted octanol–water partition coefficient (Wildman–Crippen LogP) is 4.10. The van der Waals surface area contributed by atoms with Crippen LogP contribution in [0.5, 0.6) is 0 Å². The molecule has 3 rings (SSSR count). The Kier molecular flexibility index (Phi) is 4.91. The summed E-state index contributed by atoms with van der Waals surface area (Å²) in [7, 11) is 0. The van der Waals surface area contributed by atoms with Crippen LogP contribution in [0.4, 0.5) is 0 Å². The zero-order chi connectivity index (χ0) is 15.2. The van der Waals surface area contributed by atoms with E-state index in [9.17, 15) is 4.79 Å². The van der Waals surface area contributed by atoms with Gasteiger partial charge in [0.05, 0.1) is 6.21 Å². The highest BCUT2D eigenvalue weighted by Gasteiger charge is 2.09. The molecule has 1 aliphatic rings. The number of hydrogen-bond donors (Lipinski definition) is 0. The van der Waals surface area contributed by atoms with E-state index in [1.54, 1.807) is 11.8 Å². The lowest BCUT2D eigenvalue weighted by atomic mass is 10.1. The van der Waals surface area contributed by atoms with Crippen molar-refractivity contribution in [3.05, 3.63) is 60.2 Å². The molecule has 2 aromatic rings. The Balaban J connectivity index is 1.62. The smallest absolute Gasteiger partial charge is 0.205 e. The van der Waals surface area contributed by atoms with Crippen LogP contribution >= 0.6 is 11.8 Å². The number of Topliss-reactive ketones (excluding diaryl/α,β-unsaturated/α-hetero) is 1. The van der Waals surface area contributed by atoms with Crippen molar-refractivity contribution >= 4 is 23.8 Å². The Morgan fingerprint density at radius 2 is 1.59 bits per heavy atom. The highest BCUT2D eigenvalue weighted by atomic mass is 32.2. The molecule has 0 N–H and O–H groups in total. The number of ketones is 1. The molecule has 112 valence electrons. The number of hydrazone groups is 1. The van der Waals surface area contributed by atoms with E-state index in [1.165, 1.54) is 11.1 Å². The Hall–Kier alpha value is -2.07. The fraction of sp³-hybridized carbons (Fsp3) is 0.222. The van der Waals surface area contributed by atoms with Crippen LogP contribution in [0.2, 0.25) is 0 Å². The van der Waals surface area contributed by atoms with Gasteiger partial charge in [0.25, 0.3) is 0 Å². The van der Waals surface area contributed by atoms with E-state index < -0.39 is 0 Å². The van der Waals surface area contributed by atoms with Crippen LogP contribution in [0.3, 0.4) is 0 Å². The maximum Gasteiger partial charge on any atom is 0.205 e. The average Bonchev–Trinajstić information content (AvgIpc) is 3.08. The summed E-state index contributed by atoms with van der Waals surface area (Å²) in [5, 5.41) is 6.20. The van der Waals surface area contributed by atoms with E-state index in [2.05, 4.69) is 17.2 Å². The maximum absolute atomic E-state index is 12.1. The van der Waals surface area contributed by atoms with Crippen molar-refractivity contribution in [2.24, 2.45) is 5.10 Å². The van der Waals surface area contributed by atoms with Crippen LogP contribution in [0, 0.1) is 0 Å². The van der Waals surface area contributed by atoms with Gasteiger partial charge in [0.15, 0.2) is 0 Å². The van der Waals surface area contributed by atoms with Crippen molar-refractivity contribution < 1.29 is 4.79 Å². The van der Waals surface area contributed by atoms with Crippen molar-refractivity contribution in [2.75, 3.05) is 13.1 Å². The lowest BCUT2D eigenvalue weighted by Crippen LogP contribution is -2.13. The second kappa shape index (κ2) is 7.27. The van der Waals surface area contributed by atoms with Gasteiger partial charge in [0, 0.05) is 28.4 Å². The zero-order valence-electron chi connectivity index (χ0n) is 12.3. The number of nitrogens with zero attached hydrogens (tertiary/aromatic N) is 2. The lowest BCUT2D eigenvalue weighted by molar-refractivity contribution is 0.106. The molecule has 0 radical (unpaired) electrons. The molecule has 2 aromatic carbocycles. The summed E-state index contributed by atoms with van der Waals surface area (Å²) in [5.41, 5.74) is 0.681. The molecule has 0 saturated carbocycles. The number of carbonyl (C=O) groups is 1. The molecule has 0 bridgehead atoms. The summed E-state index contributed by atoms with van der Waals surface area (Å²) in [6.45, 7) is 1.91. The van der Waals surface area contributed by atoms with Crippen molar-refractivity contribution in [1.29, 1.82) is 0 Å². The number of carbonyl (C=O) groups excluding carboxylic acids is 1. The van der Waals surface area contributed by atoms with Gasteiger partial charge in [-0.05, 0) is 49.2 Å². The SMILES string of the molecule is O=C(/C=N/N1CCCC1)c1ccc(Sc2ccccc2)cc1. The average molecular weight is 310 g/mol. The minimum absolute atomic E-state index is 0.0387. The molecule has 0 aromatic heterocycles. The second-order valence-electron chi connectivity index (χ2n) is 5.21. The number of rotatable bonds is 5. The summed E-state index contributed by atoms with van der Waals surface area (Å²) < 4.78 is 0. The van der Waals surface area contributed by atoms with Crippen molar-refractivity contribution in [3.8, 4) is 0 Å². The fourth-order valence-electron chi connectivity index (χ4n) is 2.34. The molecule has 1 aliphatic heterocycles. The molecule has 0 spiro atoms. The lowest BCUT2D eigenvalue weighted by Gasteiger charge is -2.08. The van der Waals surface area contributed by atoms with E-state index in [-0.39, 0.29) is 5.78 Å². The third-order valence-corrected chi connectivity index (χ3v) is 4.55. The highest BCUT2D eigenvalue weighted by Crippen LogP contribution is 2.27. The molecular weight excluding hydrogens is 292 g/mol. The van der Waals surface area contributed by atoms with E-state index in [0.717, 1.165) is 30.8 Å². The van der Waals surface area contributed by atoms with E-state index >= 15 is 0 Å². The number of hydrogen-bond acceptors (Lipinski definition) is 4. The summed E-state index contributed by atoms with van der Waals surface area (Å²) in [5.74, 6) is -0.0387. The first-order valence-corrected chi connectivity index (χ1v) is 8.29. The van der Waals surface area contributed by atoms with Gasteiger partial charge < -0.3 is 0 Å². The van der Waals surface area contributed by atoms with Gasteiger partial charge >= 0.3 is 0 Å². The fourth-order valence-corrected chi connectivity index (χ4v) is 3.17. The Morgan fingerprint density at radius 1 is 0.955 bits per heavy atom. The Labute approximate surface area is 135 Å². The Bertz CT molecular complexity index is 647. The normalized spacial score (nSPS) is 14.6. The molecule has 0 amide bonds. The topological polar surface area (TPSA) is 32.7 Å². The van der Waals surface area contributed by atoms with Crippen LogP contribution in [0.1, 0.15) is 23.2 Å². The quantitative estimate of drug-likeness (QED) is 0.615. The zero-order valence-corrected chi connectivity index (χ0v) is 13.1. The molecule has 1 fully saturated rings. The first-order chi connectivity index (χ1) is 10.8. The van der Waals surface area contributed by atoms with Gasteiger partial charge in [-0.15, -0.1) is 0 Å². The van der Waals surface area contributed by atoms with Crippen molar-refractivity contribution in [1.82, 2.24) is 5.01 Å². The molecule has 3 nitrogen and oxygen atoms in total. The molecule has 0 unspecified atom stereocenters. The van der Waals surface area contributed by atoms with Gasteiger partial charge in [-0.2, -0.15) is 5.10 Å². The summed E-state index contributed by atoms with van der Waals surface area (Å²) in [6, 6.07) is 17.9. The molecular formula is C18H18N2OS. The highest BCUT2D eigenvalue weighted by molar-refractivity contribution is 7.99. The predicted molar refractivity (Wildman–Crippen MR) is 90.6 cm³/mol. The third-order valence-electron chi connectivity index (χ3n) is 3.54. The van der Waals surface area contributed by atoms with Crippen molar-refractivity contribution in [2.45, 2.75) is 22.6 Å². The molecule has 0 aliphatic carbocycles. The van der Waals surface area contributed by atoms with Gasteiger partial charge in [0.1, 0.15) is 0 Å². The van der Waals surface area contributed by atoms with Crippen LogP contribution in [0.15, 0.2) is 69.5 Å². The molecule has 4 heteroatoms. The van der Waals surface area contributed by atoms with Gasteiger partial charge in [0.2, 0.25) is 5.78 Å². The third kappa shape index (κ3) is 3.98. The number of benzene rings is 2. The van der Waals surface area contributed by atoms with E-state index in [4.69, 9.17) is 0 Å². The van der Waals surface area contributed by atoms with Crippen LogP contribution in [0.25, 0.3) is 0 Å². The minimum Gasteiger partial charge on any atom is -0.297 e. The molecule has 1 saturated heterocycles. The summed E-state index contributed by atoms with van der Waals surface area (Å²) in [4.78, 5) is 14.4. The summed E-state index contributed by atoms with van der Waals surface area (Å²) in [6.07, 6.45) is 3.76. The monoisotopic (exact) mass is 310 g/mol. The largest absolute Gasteiger partial charge is 0.297 e. The standard InChI is InChI=1S/C18H18N2OS/c21-18(14-19-20-12-4-5-13-20)15-8-10-17(11-9-15)22-16-6-2-1-3-7-16/h1-3,6-11,14H,4-5,12-13H2/b19-14+. The maximum atomic E-state index is 12.1. The van der Waals surface area contributed by atoms with E-state index in [0.29, 0.717) is 5.56 Å².